The monoisotopic (exact) mass is 264 g/mol. The van der Waals surface area contributed by atoms with Gasteiger partial charge in [0.1, 0.15) is 0 Å². The van der Waals surface area contributed by atoms with E-state index in [-0.39, 0.29) is 5.97 Å². The molecular weight excluding hydrogens is 248 g/mol. The Bertz CT molecular complexity index is 631. The second-order valence-electron chi connectivity index (χ2n) is 4.79. The molecule has 0 unspecified atom stereocenters. The Morgan fingerprint density at radius 2 is 1.95 bits per heavy atom. The predicted molar refractivity (Wildman–Crippen MR) is 79.9 cm³/mol. The first-order valence-corrected chi connectivity index (χ1v) is 6.86. The van der Waals surface area contributed by atoms with Crippen LogP contribution < -0.4 is 0 Å². The minimum absolute atomic E-state index is 0.185. The highest BCUT2D eigenvalue weighted by molar-refractivity contribution is 6.03. The van der Waals surface area contributed by atoms with E-state index in [2.05, 4.69) is 18.2 Å². The van der Waals surface area contributed by atoms with Crippen LogP contribution in [0, 0.1) is 0 Å². The van der Waals surface area contributed by atoms with Gasteiger partial charge in [-0.1, -0.05) is 60.7 Å². The zero-order valence-electron chi connectivity index (χ0n) is 11.2. The van der Waals surface area contributed by atoms with Crippen molar-refractivity contribution >= 4 is 11.5 Å². The molecule has 1 aromatic rings. The molecule has 0 spiro atoms. The van der Waals surface area contributed by atoms with Crippen molar-refractivity contribution in [3.05, 3.63) is 77.4 Å². The van der Waals surface area contributed by atoms with Gasteiger partial charge >= 0.3 is 5.97 Å². The van der Waals surface area contributed by atoms with Crippen LogP contribution in [0.15, 0.2) is 71.9 Å². The van der Waals surface area contributed by atoms with E-state index in [0.717, 1.165) is 28.7 Å². The molecule has 1 aliphatic heterocycles. The van der Waals surface area contributed by atoms with Crippen LogP contribution >= 0.6 is 0 Å². The van der Waals surface area contributed by atoms with E-state index in [9.17, 15) is 4.79 Å². The third-order valence-electron chi connectivity index (χ3n) is 3.48. The van der Waals surface area contributed by atoms with Crippen molar-refractivity contribution in [1.82, 2.24) is 0 Å². The summed E-state index contributed by atoms with van der Waals surface area (Å²) in [6.45, 7) is 0.486. The number of benzene rings is 1. The van der Waals surface area contributed by atoms with Gasteiger partial charge in [0.25, 0.3) is 0 Å². The molecule has 0 N–H and O–H groups in total. The lowest BCUT2D eigenvalue weighted by molar-refractivity contribution is -0.135. The number of cyclic esters (lactones) is 1. The lowest BCUT2D eigenvalue weighted by Gasteiger charge is -2.11. The average Bonchev–Trinajstić information content (AvgIpc) is 2.75. The number of carbonyl (C=O) groups excluding carboxylic acids is 1. The molecular formula is C18H16O2. The molecule has 20 heavy (non-hydrogen) atoms. The van der Waals surface area contributed by atoms with Gasteiger partial charge < -0.3 is 4.74 Å². The van der Waals surface area contributed by atoms with Crippen LogP contribution in [0.1, 0.15) is 18.4 Å². The molecule has 1 fully saturated rings. The molecule has 0 bridgehead atoms. The number of hydrogen-bond donors (Lipinski definition) is 0. The van der Waals surface area contributed by atoms with E-state index in [4.69, 9.17) is 4.74 Å². The Morgan fingerprint density at radius 1 is 1.10 bits per heavy atom. The first-order valence-electron chi connectivity index (χ1n) is 6.86. The number of ether oxygens (including phenoxy) is 1. The summed E-state index contributed by atoms with van der Waals surface area (Å²) in [6.07, 6.45) is 11.9. The third kappa shape index (κ3) is 2.50. The van der Waals surface area contributed by atoms with Crippen LogP contribution in [0.5, 0.6) is 0 Å². The molecule has 0 radical (unpaired) electrons. The quantitative estimate of drug-likeness (QED) is 0.599. The van der Waals surface area contributed by atoms with E-state index < -0.39 is 0 Å². The second-order valence-corrected chi connectivity index (χ2v) is 4.79. The Kier molecular flexibility index (Phi) is 3.64. The number of carbonyl (C=O) groups is 1. The molecule has 2 aliphatic rings. The highest BCUT2D eigenvalue weighted by atomic mass is 16.5. The van der Waals surface area contributed by atoms with Crippen LogP contribution in [0.2, 0.25) is 0 Å². The zero-order valence-corrected chi connectivity index (χ0v) is 11.2. The van der Waals surface area contributed by atoms with Gasteiger partial charge in [0.05, 0.1) is 6.61 Å². The van der Waals surface area contributed by atoms with Crippen LogP contribution in [0.4, 0.5) is 0 Å². The van der Waals surface area contributed by atoms with Crippen molar-refractivity contribution in [1.29, 1.82) is 0 Å². The summed E-state index contributed by atoms with van der Waals surface area (Å²) in [4.78, 5) is 12.0. The fourth-order valence-electron chi connectivity index (χ4n) is 2.55. The first-order chi connectivity index (χ1) is 9.86. The molecule has 1 saturated heterocycles. The lowest BCUT2D eigenvalue weighted by Crippen LogP contribution is -2.01. The summed E-state index contributed by atoms with van der Waals surface area (Å²) in [5, 5.41) is 0. The van der Waals surface area contributed by atoms with Crippen molar-refractivity contribution < 1.29 is 9.53 Å². The number of hydrogen-bond acceptors (Lipinski definition) is 2. The standard InChI is InChI=1S/C18H16O2/c19-18-16(12-13-20-18)17(15-10-6-3-7-11-15)14-8-4-1-2-5-9-14/h1-4,6-11H,5,12-13H2/b17-16-. The minimum atomic E-state index is -0.185. The van der Waals surface area contributed by atoms with Crippen LogP contribution in [0.3, 0.4) is 0 Å². The van der Waals surface area contributed by atoms with Gasteiger partial charge in [-0.15, -0.1) is 0 Å². The summed E-state index contributed by atoms with van der Waals surface area (Å²) < 4.78 is 5.13. The summed E-state index contributed by atoms with van der Waals surface area (Å²) >= 11 is 0. The summed E-state index contributed by atoms with van der Waals surface area (Å²) in [6, 6.07) is 10.1. The molecule has 0 atom stereocenters. The zero-order chi connectivity index (χ0) is 13.8. The number of esters is 1. The van der Waals surface area contributed by atoms with Crippen molar-refractivity contribution in [3.63, 3.8) is 0 Å². The van der Waals surface area contributed by atoms with Gasteiger partial charge in [-0.3, -0.25) is 0 Å². The summed E-state index contributed by atoms with van der Waals surface area (Å²) in [7, 11) is 0. The number of allylic oxidation sites excluding steroid dienone is 7. The fourth-order valence-corrected chi connectivity index (χ4v) is 2.55. The molecule has 1 heterocycles. The Labute approximate surface area is 118 Å². The Balaban J connectivity index is 2.14. The van der Waals surface area contributed by atoms with Crippen molar-refractivity contribution in [3.8, 4) is 0 Å². The van der Waals surface area contributed by atoms with Gasteiger partial charge in [0.15, 0.2) is 0 Å². The van der Waals surface area contributed by atoms with Crippen molar-refractivity contribution in [2.45, 2.75) is 12.8 Å². The largest absolute Gasteiger partial charge is 0.462 e. The van der Waals surface area contributed by atoms with Gasteiger partial charge in [-0.05, 0) is 23.1 Å². The first kappa shape index (κ1) is 12.7. The van der Waals surface area contributed by atoms with Crippen LogP contribution in [-0.2, 0) is 9.53 Å². The molecule has 1 aliphatic carbocycles. The Hall–Kier alpha value is -2.35. The molecule has 3 rings (SSSR count). The highest BCUT2D eigenvalue weighted by Gasteiger charge is 2.25. The molecule has 1 aromatic carbocycles. The van der Waals surface area contributed by atoms with Gasteiger partial charge in [0.2, 0.25) is 0 Å². The highest BCUT2D eigenvalue weighted by Crippen LogP contribution is 2.33. The molecule has 0 saturated carbocycles. The van der Waals surface area contributed by atoms with Crippen LogP contribution in [0.25, 0.3) is 5.57 Å². The minimum Gasteiger partial charge on any atom is -0.462 e. The van der Waals surface area contributed by atoms with Crippen LogP contribution in [-0.4, -0.2) is 12.6 Å². The lowest BCUT2D eigenvalue weighted by atomic mass is 9.91. The van der Waals surface area contributed by atoms with E-state index in [1.54, 1.807) is 0 Å². The molecule has 2 heteroatoms. The van der Waals surface area contributed by atoms with Crippen molar-refractivity contribution in [2.75, 3.05) is 6.61 Å². The fraction of sp³-hybridized carbons (Fsp3) is 0.167. The maximum atomic E-state index is 12.0. The van der Waals surface area contributed by atoms with E-state index in [0.29, 0.717) is 13.0 Å². The SMILES string of the molecule is O=C1OCC/C1=C(\C1=CCC=CC=C1)c1ccccc1. The molecule has 2 nitrogen and oxygen atoms in total. The van der Waals surface area contributed by atoms with Crippen molar-refractivity contribution in [2.24, 2.45) is 0 Å². The van der Waals surface area contributed by atoms with E-state index in [1.165, 1.54) is 0 Å². The maximum absolute atomic E-state index is 12.0. The number of rotatable bonds is 2. The van der Waals surface area contributed by atoms with Gasteiger partial charge in [-0.2, -0.15) is 0 Å². The topological polar surface area (TPSA) is 26.3 Å². The van der Waals surface area contributed by atoms with E-state index in [1.807, 2.05) is 42.5 Å². The third-order valence-corrected chi connectivity index (χ3v) is 3.48. The molecule has 0 aromatic heterocycles. The second kappa shape index (κ2) is 5.74. The molecule has 0 amide bonds. The Morgan fingerprint density at radius 3 is 2.70 bits per heavy atom. The maximum Gasteiger partial charge on any atom is 0.334 e. The average molecular weight is 264 g/mol. The predicted octanol–water partition coefficient (Wildman–Crippen LogP) is 3.83. The summed E-state index contributed by atoms with van der Waals surface area (Å²) in [5.41, 5.74) is 3.95. The normalized spacial score (nSPS) is 20.4. The van der Waals surface area contributed by atoms with Gasteiger partial charge in [0, 0.05) is 12.0 Å². The van der Waals surface area contributed by atoms with Gasteiger partial charge in [-0.25, -0.2) is 4.79 Å². The summed E-state index contributed by atoms with van der Waals surface area (Å²) in [5.74, 6) is -0.185. The smallest absolute Gasteiger partial charge is 0.334 e. The van der Waals surface area contributed by atoms with E-state index >= 15 is 0 Å². The molecule has 100 valence electrons.